The number of hydrogen-bond donors (Lipinski definition) is 2. The third-order valence-corrected chi connectivity index (χ3v) is 6.18. The van der Waals surface area contributed by atoms with E-state index >= 15 is 0 Å². The molecule has 1 aromatic heterocycles. The highest BCUT2D eigenvalue weighted by Gasteiger charge is 2.45. The van der Waals surface area contributed by atoms with Gasteiger partial charge in [0.1, 0.15) is 0 Å². The summed E-state index contributed by atoms with van der Waals surface area (Å²) in [7, 11) is 0. The van der Waals surface area contributed by atoms with Crippen LogP contribution in [-0.2, 0) is 9.59 Å². The molecule has 5 nitrogen and oxygen atoms in total. The topological polar surface area (TPSA) is 79.3 Å². The molecule has 0 radical (unpaired) electrons. The minimum atomic E-state index is -4.65. The number of pyridine rings is 1. The van der Waals surface area contributed by atoms with Crippen molar-refractivity contribution in [3.8, 4) is 0 Å². The summed E-state index contributed by atoms with van der Waals surface area (Å²) >= 11 is 12.0. The Morgan fingerprint density at radius 1 is 1.22 bits per heavy atom. The fourth-order valence-corrected chi connectivity index (χ4v) is 3.98. The smallest absolute Gasteiger partial charge is 0.392 e. The number of hydrogen-bond acceptors (Lipinski definition) is 3. The third kappa shape index (κ3) is 5.92. The number of benzene rings is 1. The molecule has 3 unspecified atom stereocenters. The number of carboxylic acids is 1. The summed E-state index contributed by atoms with van der Waals surface area (Å²) in [6.07, 6.45) is -1.75. The van der Waals surface area contributed by atoms with Crippen LogP contribution in [0.3, 0.4) is 0 Å². The number of anilines is 1. The Hall–Kier alpha value is -2.32. The van der Waals surface area contributed by atoms with Gasteiger partial charge in [-0.05, 0) is 54.5 Å². The summed E-state index contributed by atoms with van der Waals surface area (Å²) in [5.41, 5.74) is 0.712. The summed E-state index contributed by atoms with van der Waals surface area (Å²) in [5, 5.41) is 12.1. The van der Waals surface area contributed by atoms with Crippen LogP contribution in [-0.4, -0.2) is 28.1 Å². The summed E-state index contributed by atoms with van der Waals surface area (Å²) < 4.78 is 40.5. The molecule has 3 atom stereocenters. The van der Waals surface area contributed by atoms with Crippen LogP contribution >= 0.6 is 23.2 Å². The van der Waals surface area contributed by atoms with E-state index in [9.17, 15) is 27.9 Å². The van der Waals surface area contributed by atoms with E-state index in [4.69, 9.17) is 23.2 Å². The standard InChI is InChI=1S/C22H21Cl2F3N2O3/c1-11(22(25,26)27)20(17-7-5-14(23)10-28-17)21(32)29-18-8-13(4-6-16(18)24)15(9-19(30)31)12-2-3-12/h4-8,10-12,15,20H,2-3,9H2,1H3,(H,29,32)(H,30,31). The molecule has 2 N–H and O–H groups in total. The first kappa shape index (κ1) is 24.3. The quantitative estimate of drug-likeness (QED) is 0.458. The average Bonchev–Trinajstić information content (AvgIpc) is 3.54. The first-order valence-electron chi connectivity index (χ1n) is 9.97. The van der Waals surface area contributed by atoms with Gasteiger partial charge in [0.25, 0.3) is 0 Å². The fourth-order valence-electron chi connectivity index (χ4n) is 3.70. The van der Waals surface area contributed by atoms with Crippen molar-refractivity contribution in [3.63, 3.8) is 0 Å². The predicted molar refractivity (Wildman–Crippen MR) is 115 cm³/mol. The van der Waals surface area contributed by atoms with Crippen molar-refractivity contribution in [2.45, 2.75) is 44.2 Å². The molecule has 1 fully saturated rings. The minimum Gasteiger partial charge on any atom is -0.481 e. The van der Waals surface area contributed by atoms with Gasteiger partial charge in [-0.15, -0.1) is 0 Å². The molecule has 3 rings (SSSR count). The Labute approximate surface area is 192 Å². The summed E-state index contributed by atoms with van der Waals surface area (Å²) in [5.74, 6) is -5.58. The Balaban J connectivity index is 1.91. The summed E-state index contributed by atoms with van der Waals surface area (Å²) in [6, 6.07) is 7.37. The highest BCUT2D eigenvalue weighted by atomic mass is 35.5. The normalized spacial score (nSPS) is 16.8. The molecule has 1 aliphatic rings. The second kappa shape index (κ2) is 9.67. The second-order valence-corrected chi connectivity index (χ2v) is 8.82. The number of aliphatic carboxylic acids is 1. The second-order valence-electron chi connectivity index (χ2n) is 7.98. The molecule has 1 amide bonds. The van der Waals surface area contributed by atoms with Crippen LogP contribution in [0.2, 0.25) is 10.0 Å². The maximum atomic E-state index is 13.5. The first-order valence-corrected chi connectivity index (χ1v) is 10.7. The summed E-state index contributed by atoms with van der Waals surface area (Å²) in [4.78, 5) is 28.2. The van der Waals surface area contributed by atoms with E-state index in [1.54, 1.807) is 6.07 Å². The number of carbonyl (C=O) groups excluding carboxylic acids is 1. The highest BCUT2D eigenvalue weighted by molar-refractivity contribution is 6.33. The molecule has 0 spiro atoms. The van der Waals surface area contributed by atoms with Gasteiger partial charge in [-0.3, -0.25) is 14.6 Å². The number of alkyl halides is 3. The number of amides is 1. The zero-order chi connectivity index (χ0) is 23.6. The maximum absolute atomic E-state index is 13.5. The zero-order valence-electron chi connectivity index (χ0n) is 17.0. The fraction of sp³-hybridized carbons (Fsp3) is 0.409. The lowest BCUT2D eigenvalue weighted by molar-refractivity contribution is -0.178. The van der Waals surface area contributed by atoms with Crippen LogP contribution in [0.1, 0.15) is 49.3 Å². The Bertz CT molecular complexity index is 995. The SMILES string of the molecule is CC(C(C(=O)Nc1cc(C(CC(=O)O)C2CC2)ccc1Cl)c1ccc(Cl)cn1)C(F)(F)F. The lowest BCUT2D eigenvalue weighted by Gasteiger charge is -2.25. The van der Waals surface area contributed by atoms with Gasteiger partial charge < -0.3 is 10.4 Å². The Morgan fingerprint density at radius 2 is 1.91 bits per heavy atom. The van der Waals surface area contributed by atoms with Crippen molar-refractivity contribution in [3.05, 3.63) is 57.8 Å². The van der Waals surface area contributed by atoms with Gasteiger partial charge in [0.15, 0.2) is 0 Å². The largest absolute Gasteiger partial charge is 0.481 e. The number of halogens is 5. The number of aromatic nitrogens is 1. The van der Waals surface area contributed by atoms with Gasteiger partial charge in [-0.25, -0.2) is 0 Å². The van der Waals surface area contributed by atoms with Crippen molar-refractivity contribution in [2.75, 3.05) is 5.32 Å². The summed E-state index contributed by atoms with van der Waals surface area (Å²) in [6.45, 7) is 0.911. The molecule has 10 heteroatoms. The van der Waals surface area contributed by atoms with E-state index in [1.807, 2.05) is 0 Å². The molecule has 0 bridgehead atoms. The molecule has 0 aliphatic heterocycles. The lowest BCUT2D eigenvalue weighted by atomic mass is 9.88. The van der Waals surface area contributed by atoms with E-state index in [2.05, 4.69) is 10.3 Å². The minimum absolute atomic E-state index is 0.0780. The highest BCUT2D eigenvalue weighted by Crippen LogP contribution is 2.45. The van der Waals surface area contributed by atoms with Crippen LogP contribution in [0, 0.1) is 11.8 Å². The molecular formula is C22H21Cl2F3N2O3. The average molecular weight is 489 g/mol. The van der Waals surface area contributed by atoms with Crippen LogP contribution < -0.4 is 5.32 Å². The maximum Gasteiger partial charge on any atom is 0.392 e. The van der Waals surface area contributed by atoms with Gasteiger partial charge in [0.2, 0.25) is 5.91 Å². The zero-order valence-corrected chi connectivity index (χ0v) is 18.5. The Morgan fingerprint density at radius 3 is 2.44 bits per heavy atom. The van der Waals surface area contributed by atoms with Crippen molar-refractivity contribution >= 4 is 40.8 Å². The third-order valence-electron chi connectivity index (χ3n) is 5.63. The molecular weight excluding hydrogens is 468 g/mol. The molecule has 1 heterocycles. The van der Waals surface area contributed by atoms with Crippen LogP contribution in [0.5, 0.6) is 0 Å². The van der Waals surface area contributed by atoms with Crippen molar-refractivity contribution in [1.82, 2.24) is 4.98 Å². The molecule has 1 saturated carbocycles. The van der Waals surface area contributed by atoms with Gasteiger partial charge in [0, 0.05) is 6.20 Å². The van der Waals surface area contributed by atoms with Gasteiger partial charge in [-0.1, -0.05) is 36.2 Å². The van der Waals surface area contributed by atoms with E-state index in [0.29, 0.717) is 5.56 Å². The van der Waals surface area contributed by atoms with E-state index in [-0.39, 0.29) is 39.7 Å². The predicted octanol–water partition coefficient (Wildman–Crippen LogP) is 6.28. The molecule has 2 aromatic rings. The number of rotatable bonds is 8. The molecule has 1 aliphatic carbocycles. The Kier molecular flexibility index (Phi) is 7.35. The van der Waals surface area contributed by atoms with Gasteiger partial charge in [-0.2, -0.15) is 13.2 Å². The monoisotopic (exact) mass is 488 g/mol. The number of carboxylic acid groups (broad SMARTS) is 1. The van der Waals surface area contributed by atoms with E-state index < -0.39 is 29.9 Å². The molecule has 0 saturated heterocycles. The number of nitrogens with one attached hydrogen (secondary N) is 1. The first-order chi connectivity index (χ1) is 15.0. The van der Waals surface area contributed by atoms with Crippen molar-refractivity contribution < 1.29 is 27.9 Å². The molecule has 1 aromatic carbocycles. The molecule has 172 valence electrons. The van der Waals surface area contributed by atoms with E-state index in [0.717, 1.165) is 19.8 Å². The van der Waals surface area contributed by atoms with Crippen LogP contribution in [0.15, 0.2) is 36.5 Å². The lowest BCUT2D eigenvalue weighted by Crippen LogP contribution is -2.35. The van der Waals surface area contributed by atoms with Crippen LogP contribution in [0.4, 0.5) is 18.9 Å². The van der Waals surface area contributed by atoms with Crippen LogP contribution in [0.25, 0.3) is 0 Å². The van der Waals surface area contributed by atoms with E-state index in [1.165, 1.54) is 30.5 Å². The number of nitrogens with zero attached hydrogens (tertiary/aromatic N) is 1. The molecule has 32 heavy (non-hydrogen) atoms. The van der Waals surface area contributed by atoms with Crippen molar-refractivity contribution in [2.24, 2.45) is 11.8 Å². The van der Waals surface area contributed by atoms with Gasteiger partial charge >= 0.3 is 12.1 Å². The number of carbonyl (C=O) groups is 2. The van der Waals surface area contributed by atoms with Gasteiger partial charge in [0.05, 0.1) is 39.7 Å². The van der Waals surface area contributed by atoms with Crippen molar-refractivity contribution in [1.29, 1.82) is 0 Å².